The fourth-order valence-electron chi connectivity index (χ4n) is 8.13. The van der Waals surface area contributed by atoms with Crippen LogP contribution < -0.4 is 0 Å². The molecule has 0 aromatic rings. The lowest BCUT2D eigenvalue weighted by atomic mass is 10.0. The van der Waals surface area contributed by atoms with E-state index in [1.54, 1.807) is 0 Å². The molecular weight excluding hydrogens is 717 g/mol. The van der Waals surface area contributed by atoms with E-state index in [0.29, 0.717) is 44.0 Å². The molecule has 1 saturated carbocycles. The second kappa shape index (κ2) is 34.6. The van der Waals surface area contributed by atoms with Crippen LogP contribution in [0.5, 0.6) is 0 Å². The Kier molecular flexibility index (Phi) is 31.4. The summed E-state index contributed by atoms with van der Waals surface area (Å²) in [7, 11) is 0. The molecule has 0 aromatic heterocycles. The maximum atomic E-state index is 13.8. The standard InChI is InChI=1S/C48H90N2O5S/c1-5-9-13-17-21-27-43(28-22-18-14-10-6-2)54-46(51)31-25-37-50(48(53)56-45-35-39-49(40-36-45)41-42-33-34-42)38-26-32-47(52)55-44(29-23-19-15-11-7-3)30-24-20-16-12-8-4/h42-45H,5-41H2,1-4H3. The maximum absolute atomic E-state index is 13.8. The Balaban J connectivity index is 1.91. The number of ether oxygens (including phenoxy) is 2. The third-order valence-corrected chi connectivity index (χ3v) is 13.3. The van der Waals surface area contributed by atoms with Crippen LogP contribution in [0.2, 0.25) is 0 Å². The first-order valence-electron chi connectivity index (χ1n) is 24.4. The molecule has 0 bridgehead atoms. The van der Waals surface area contributed by atoms with E-state index in [1.807, 2.05) is 4.90 Å². The van der Waals surface area contributed by atoms with Gasteiger partial charge in [-0.1, -0.05) is 142 Å². The number of carbonyl (C=O) groups excluding carboxylic acids is 3. The van der Waals surface area contributed by atoms with Crippen LogP contribution in [-0.4, -0.2) is 77.2 Å². The molecule has 0 aromatic carbocycles. The normalized spacial score (nSPS) is 15.2. The number of carbonyl (C=O) groups is 3. The highest BCUT2D eigenvalue weighted by molar-refractivity contribution is 8.14. The number of unbranched alkanes of at least 4 members (excludes halogenated alkanes) is 16. The minimum atomic E-state index is -0.126. The first kappa shape index (κ1) is 50.9. The molecule has 2 fully saturated rings. The molecule has 2 rings (SSSR count). The summed E-state index contributed by atoms with van der Waals surface area (Å²) in [6.07, 6.45) is 34.9. The first-order valence-corrected chi connectivity index (χ1v) is 25.3. The van der Waals surface area contributed by atoms with E-state index in [2.05, 4.69) is 32.6 Å². The van der Waals surface area contributed by atoms with E-state index in [-0.39, 0.29) is 29.4 Å². The van der Waals surface area contributed by atoms with Crippen LogP contribution in [0.15, 0.2) is 0 Å². The number of hydrogen-bond acceptors (Lipinski definition) is 7. The summed E-state index contributed by atoms with van der Waals surface area (Å²) in [6, 6.07) is 0. The van der Waals surface area contributed by atoms with Gasteiger partial charge in [0, 0.05) is 37.7 Å². The monoisotopic (exact) mass is 807 g/mol. The van der Waals surface area contributed by atoms with Gasteiger partial charge in [-0.25, -0.2) is 0 Å². The van der Waals surface area contributed by atoms with Gasteiger partial charge in [-0.15, -0.1) is 0 Å². The van der Waals surface area contributed by atoms with Gasteiger partial charge in [-0.05, 0) is 109 Å². The number of hydrogen-bond donors (Lipinski definition) is 0. The minimum absolute atomic E-state index is 0.00680. The van der Waals surface area contributed by atoms with Gasteiger partial charge in [0.15, 0.2) is 0 Å². The molecule has 2 aliphatic rings. The number of rotatable bonds is 37. The number of amides is 1. The molecule has 1 amide bonds. The SMILES string of the molecule is CCCCCCCC(CCCCCCC)OC(=O)CCCN(CCCC(=O)OC(CCCCCCC)CCCCCCC)C(=O)SC1CCN(CC2CC2)CC1. The summed E-state index contributed by atoms with van der Waals surface area (Å²) in [6.45, 7) is 13.4. The van der Waals surface area contributed by atoms with Gasteiger partial charge in [0.25, 0.3) is 5.24 Å². The lowest BCUT2D eigenvalue weighted by Gasteiger charge is -2.32. The van der Waals surface area contributed by atoms with Crippen LogP contribution in [0, 0.1) is 5.92 Å². The molecule has 0 radical (unpaired) electrons. The average Bonchev–Trinajstić information content (AvgIpc) is 4.01. The molecule has 328 valence electrons. The van der Waals surface area contributed by atoms with Crippen molar-refractivity contribution in [2.24, 2.45) is 5.92 Å². The molecule has 0 N–H and O–H groups in total. The number of nitrogens with zero attached hydrogens (tertiary/aromatic N) is 2. The number of piperidine rings is 1. The number of likely N-dealkylation sites (tertiary alicyclic amines) is 1. The average molecular weight is 807 g/mol. The Labute approximate surface area is 350 Å². The van der Waals surface area contributed by atoms with Crippen molar-refractivity contribution in [3.63, 3.8) is 0 Å². The summed E-state index contributed by atoms with van der Waals surface area (Å²) in [5.74, 6) is 0.645. The van der Waals surface area contributed by atoms with Crippen LogP contribution in [0.25, 0.3) is 0 Å². The molecule has 1 saturated heterocycles. The fraction of sp³-hybridized carbons (Fsp3) is 0.938. The van der Waals surface area contributed by atoms with Crippen molar-refractivity contribution in [3.05, 3.63) is 0 Å². The van der Waals surface area contributed by atoms with E-state index in [1.165, 1.54) is 134 Å². The highest BCUT2D eigenvalue weighted by Crippen LogP contribution is 2.32. The molecule has 7 nitrogen and oxygen atoms in total. The van der Waals surface area contributed by atoms with Crippen molar-refractivity contribution in [1.29, 1.82) is 0 Å². The van der Waals surface area contributed by atoms with Gasteiger partial charge in [0.2, 0.25) is 0 Å². The van der Waals surface area contributed by atoms with Crippen molar-refractivity contribution in [2.75, 3.05) is 32.7 Å². The van der Waals surface area contributed by atoms with Crippen molar-refractivity contribution < 1.29 is 23.9 Å². The van der Waals surface area contributed by atoms with Gasteiger partial charge < -0.3 is 19.3 Å². The molecule has 1 heterocycles. The van der Waals surface area contributed by atoms with E-state index in [4.69, 9.17) is 9.47 Å². The highest BCUT2D eigenvalue weighted by Gasteiger charge is 2.29. The summed E-state index contributed by atoms with van der Waals surface area (Å²) < 4.78 is 12.2. The Morgan fingerprint density at radius 2 is 0.911 bits per heavy atom. The second-order valence-electron chi connectivity index (χ2n) is 17.6. The Bertz CT molecular complexity index is 889. The van der Waals surface area contributed by atoms with Crippen LogP contribution in [-0.2, 0) is 19.1 Å². The second-order valence-corrected chi connectivity index (χ2v) is 18.8. The van der Waals surface area contributed by atoms with Crippen LogP contribution in [0.3, 0.4) is 0 Å². The predicted molar refractivity (Wildman–Crippen MR) is 238 cm³/mol. The van der Waals surface area contributed by atoms with Crippen molar-refractivity contribution in [2.45, 2.75) is 251 Å². The van der Waals surface area contributed by atoms with Gasteiger partial charge in [0.05, 0.1) is 0 Å². The first-order chi connectivity index (χ1) is 27.4. The molecule has 0 spiro atoms. The zero-order valence-corrected chi connectivity index (χ0v) is 38.1. The third kappa shape index (κ3) is 27.4. The van der Waals surface area contributed by atoms with Gasteiger partial charge in [-0.3, -0.25) is 14.4 Å². The smallest absolute Gasteiger partial charge is 0.306 e. The Morgan fingerprint density at radius 1 is 0.536 bits per heavy atom. The summed E-state index contributed by atoms with van der Waals surface area (Å²) in [5, 5.41) is 0.433. The summed E-state index contributed by atoms with van der Waals surface area (Å²) in [5.41, 5.74) is 0. The lowest BCUT2D eigenvalue weighted by Crippen LogP contribution is -2.38. The van der Waals surface area contributed by atoms with Crippen LogP contribution >= 0.6 is 11.8 Å². The van der Waals surface area contributed by atoms with Gasteiger partial charge in [-0.2, -0.15) is 0 Å². The maximum Gasteiger partial charge on any atom is 0.306 e. The third-order valence-electron chi connectivity index (χ3n) is 12.0. The largest absolute Gasteiger partial charge is 0.462 e. The van der Waals surface area contributed by atoms with Crippen molar-refractivity contribution in [3.8, 4) is 0 Å². The fourth-order valence-corrected chi connectivity index (χ4v) is 9.19. The molecule has 1 aliphatic carbocycles. The minimum Gasteiger partial charge on any atom is -0.462 e. The van der Waals surface area contributed by atoms with Crippen LogP contribution in [0.1, 0.15) is 233 Å². The summed E-state index contributed by atoms with van der Waals surface area (Å²) >= 11 is 1.49. The quantitative estimate of drug-likeness (QED) is 0.0457. The zero-order chi connectivity index (χ0) is 40.5. The topological polar surface area (TPSA) is 76.1 Å². The van der Waals surface area contributed by atoms with Gasteiger partial charge in [0.1, 0.15) is 12.2 Å². The van der Waals surface area contributed by atoms with E-state index < -0.39 is 0 Å². The predicted octanol–water partition coefficient (Wildman–Crippen LogP) is 13.8. The van der Waals surface area contributed by atoms with Gasteiger partial charge >= 0.3 is 11.9 Å². The molecule has 0 unspecified atom stereocenters. The van der Waals surface area contributed by atoms with E-state index in [9.17, 15) is 14.4 Å². The van der Waals surface area contributed by atoms with Crippen molar-refractivity contribution >= 4 is 28.9 Å². The Morgan fingerprint density at radius 3 is 1.27 bits per heavy atom. The van der Waals surface area contributed by atoms with E-state index >= 15 is 0 Å². The summed E-state index contributed by atoms with van der Waals surface area (Å²) in [4.78, 5) is 44.6. The lowest BCUT2D eigenvalue weighted by molar-refractivity contribution is -0.150. The van der Waals surface area contributed by atoms with Crippen molar-refractivity contribution in [1.82, 2.24) is 9.80 Å². The highest BCUT2D eigenvalue weighted by atomic mass is 32.2. The molecule has 1 aliphatic heterocycles. The molecule has 8 heteroatoms. The zero-order valence-electron chi connectivity index (χ0n) is 37.3. The van der Waals surface area contributed by atoms with E-state index in [0.717, 1.165) is 83.2 Å². The number of esters is 2. The molecule has 56 heavy (non-hydrogen) atoms. The number of thioether (sulfide) groups is 1. The molecule has 0 atom stereocenters. The Hall–Kier alpha value is -1.28. The molecular formula is C48H90N2O5S. The van der Waals surface area contributed by atoms with Crippen LogP contribution in [0.4, 0.5) is 4.79 Å².